The van der Waals surface area contributed by atoms with Crippen molar-refractivity contribution in [1.29, 1.82) is 0 Å². The molecule has 0 saturated heterocycles. The Bertz CT molecular complexity index is 628. The highest BCUT2D eigenvalue weighted by Gasteiger charge is 2.16. The molecule has 0 aliphatic heterocycles. The Hall–Kier alpha value is -1.88. The monoisotopic (exact) mass is 289 g/mol. The summed E-state index contributed by atoms with van der Waals surface area (Å²) in [5, 5.41) is 4.01. The van der Waals surface area contributed by atoms with E-state index in [1.807, 2.05) is 39.8 Å². The lowest BCUT2D eigenvalue weighted by Gasteiger charge is -2.13. The molecule has 1 atom stereocenters. The number of anilines is 1. The number of amides is 1. The van der Waals surface area contributed by atoms with E-state index >= 15 is 0 Å². The maximum Gasteiger partial charge on any atom is 0.251 e. The van der Waals surface area contributed by atoms with Crippen molar-refractivity contribution in [2.45, 2.75) is 33.7 Å². The van der Waals surface area contributed by atoms with Gasteiger partial charge >= 0.3 is 0 Å². The molecule has 1 aromatic heterocycles. The summed E-state index contributed by atoms with van der Waals surface area (Å²) in [6, 6.07) is 5.32. The van der Waals surface area contributed by atoms with E-state index < -0.39 is 0 Å². The first kappa shape index (κ1) is 14.5. The van der Waals surface area contributed by atoms with Crippen molar-refractivity contribution in [2.75, 3.05) is 5.73 Å². The molecule has 0 bridgehead atoms. The SMILES string of the molecule is Cc1cc(N)cc(C(=O)NC(C)c2sc(C)nc2C)c1. The number of carbonyl (C=O) groups is 1. The second-order valence-corrected chi connectivity index (χ2v) is 6.24. The molecule has 1 amide bonds. The van der Waals surface area contributed by atoms with Crippen LogP contribution in [0.1, 0.15) is 44.5 Å². The van der Waals surface area contributed by atoms with Gasteiger partial charge in [-0.25, -0.2) is 4.98 Å². The van der Waals surface area contributed by atoms with Gasteiger partial charge in [0.05, 0.1) is 16.7 Å². The van der Waals surface area contributed by atoms with Gasteiger partial charge in [-0.3, -0.25) is 4.79 Å². The third-order valence-electron chi connectivity index (χ3n) is 3.04. The number of aromatic nitrogens is 1. The molecule has 0 radical (unpaired) electrons. The van der Waals surface area contributed by atoms with E-state index in [1.165, 1.54) is 0 Å². The molecule has 0 aliphatic rings. The summed E-state index contributed by atoms with van der Waals surface area (Å²) in [4.78, 5) is 17.8. The van der Waals surface area contributed by atoms with Gasteiger partial charge in [0.2, 0.25) is 0 Å². The molecule has 20 heavy (non-hydrogen) atoms. The molecule has 1 aromatic carbocycles. The minimum atomic E-state index is -0.113. The summed E-state index contributed by atoms with van der Waals surface area (Å²) in [5.41, 5.74) is 8.93. The van der Waals surface area contributed by atoms with Crippen LogP contribution in [0.15, 0.2) is 18.2 Å². The number of nitrogen functional groups attached to an aromatic ring is 1. The number of nitrogens with one attached hydrogen (secondary N) is 1. The van der Waals surface area contributed by atoms with E-state index in [2.05, 4.69) is 10.3 Å². The average Bonchev–Trinajstić information content (AvgIpc) is 2.67. The minimum absolute atomic E-state index is 0.0598. The van der Waals surface area contributed by atoms with Crippen LogP contribution in [0, 0.1) is 20.8 Å². The van der Waals surface area contributed by atoms with Crippen LogP contribution >= 0.6 is 11.3 Å². The summed E-state index contributed by atoms with van der Waals surface area (Å²) < 4.78 is 0. The highest BCUT2D eigenvalue weighted by molar-refractivity contribution is 7.11. The molecular weight excluding hydrogens is 270 g/mol. The zero-order valence-corrected chi connectivity index (χ0v) is 13.0. The second kappa shape index (κ2) is 5.63. The zero-order valence-electron chi connectivity index (χ0n) is 12.2. The van der Waals surface area contributed by atoms with E-state index in [0.717, 1.165) is 21.1 Å². The van der Waals surface area contributed by atoms with Crippen molar-refractivity contribution in [3.8, 4) is 0 Å². The number of carbonyl (C=O) groups excluding carboxylic acids is 1. The number of rotatable bonds is 3. The van der Waals surface area contributed by atoms with Gasteiger partial charge in [-0.2, -0.15) is 0 Å². The number of hydrogen-bond acceptors (Lipinski definition) is 4. The van der Waals surface area contributed by atoms with Crippen LogP contribution in [0.4, 0.5) is 5.69 Å². The fourth-order valence-corrected chi connectivity index (χ4v) is 3.17. The van der Waals surface area contributed by atoms with Crippen LogP contribution in [0.5, 0.6) is 0 Å². The van der Waals surface area contributed by atoms with Gasteiger partial charge in [-0.05, 0) is 51.5 Å². The van der Waals surface area contributed by atoms with E-state index in [1.54, 1.807) is 17.4 Å². The summed E-state index contributed by atoms with van der Waals surface area (Å²) >= 11 is 1.62. The van der Waals surface area contributed by atoms with Crippen molar-refractivity contribution in [3.63, 3.8) is 0 Å². The molecule has 0 spiro atoms. The molecule has 1 unspecified atom stereocenters. The number of benzene rings is 1. The largest absolute Gasteiger partial charge is 0.399 e. The Labute approximate surface area is 123 Å². The van der Waals surface area contributed by atoms with Crippen molar-refractivity contribution in [1.82, 2.24) is 10.3 Å². The highest BCUT2D eigenvalue weighted by atomic mass is 32.1. The molecule has 3 N–H and O–H groups in total. The minimum Gasteiger partial charge on any atom is -0.399 e. The standard InChI is InChI=1S/C15H19N3OS/c1-8-5-12(7-13(16)6-8)15(19)18-10(3)14-9(2)17-11(4)20-14/h5-7,10H,16H2,1-4H3,(H,18,19). The Morgan fingerprint density at radius 3 is 2.55 bits per heavy atom. The number of nitrogens with zero attached hydrogens (tertiary/aromatic N) is 1. The maximum atomic E-state index is 12.3. The Kier molecular flexibility index (Phi) is 4.09. The Morgan fingerprint density at radius 1 is 1.30 bits per heavy atom. The lowest BCUT2D eigenvalue weighted by molar-refractivity contribution is 0.0940. The molecule has 0 aliphatic carbocycles. The first-order valence-corrected chi connectivity index (χ1v) is 7.30. The number of aryl methyl sites for hydroxylation is 3. The zero-order chi connectivity index (χ0) is 14.9. The van der Waals surface area contributed by atoms with Gasteiger partial charge in [-0.1, -0.05) is 0 Å². The van der Waals surface area contributed by atoms with Crippen molar-refractivity contribution < 1.29 is 4.79 Å². The van der Waals surface area contributed by atoms with Crippen LogP contribution < -0.4 is 11.1 Å². The molecular formula is C15H19N3OS. The number of nitrogens with two attached hydrogens (primary N) is 1. The summed E-state index contributed by atoms with van der Waals surface area (Å²) in [6.07, 6.45) is 0. The van der Waals surface area contributed by atoms with E-state index in [-0.39, 0.29) is 11.9 Å². The summed E-state index contributed by atoms with van der Waals surface area (Å²) in [6.45, 7) is 7.83. The topological polar surface area (TPSA) is 68.0 Å². The van der Waals surface area contributed by atoms with Crippen LogP contribution in [0.3, 0.4) is 0 Å². The van der Waals surface area contributed by atoms with Crippen LogP contribution in [-0.4, -0.2) is 10.9 Å². The molecule has 0 fully saturated rings. The van der Waals surface area contributed by atoms with Crippen molar-refractivity contribution in [3.05, 3.63) is 44.9 Å². The normalized spacial score (nSPS) is 12.2. The van der Waals surface area contributed by atoms with Gasteiger partial charge in [0.15, 0.2) is 0 Å². The van der Waals surface area contributed by atoms with E-state index in [4.69, 9.17) is 5.73 Å². The third-order valence-corrected chi connectivity index (χ3v) is 4.30. The molecule has 2 rings (SSSR count). The van der Waals surface area contributed by atoms with Crippen molar-refractivity contribution in [2.24, 2.45) is 0 Å². The Morgan fingerprint density at radius 2 is 2.00 bits per heavy atom. The fourth-order valence-electron chi connectivity index (χ4n) is 2.24. The molecule has 0 saturated carbocycles. The molecule has 4 nitrogen and oxygen atoms in total. The average molecular weight is 289 g/mol. The number of thiazole rings is 1. The second-order valence-electron chi connectivity index (χ2n) is 5.01. The van der Waals surface area contributed by atoms with E-state index in [0.29, 0.717) is 11.3 Å². The van der Waals surface area contributed by atoms with Gasteiger partial charge in [-0.15, -0.1) is 11.3 Å². The molecule has 106 valence electrons. The smallest absolute Gasteiger partial charge is 0.251 e. The van der Waals surface area contributed by atoms with E-state index in [9.17, 15) is 4.79 Å². The summed E-state index contributed by atoms with van der Waals surface area (Å²) in [7, 11) is 0. The maximum absolute atomic E-state index is 12.3. The van der Waals surface area contributed by atoms with Gasteiger partial charge in [0, 0.05) is 16.1 Å². The number of hydrogen-bond donors (Lipinski definition) is 2. The highest BCUT2D eigenvalue weighted by Crippen LogP contribution is 2.24. The first-order chi connectivity index (χ1) is 9.36. The predicted octanol–water partition coefficient (Wildman–Crippen LogP) is 3.14. The van der Waals surface area contributed by atoms with Crippen LogP contribution in [-0.2, 0) is 0 Å². The lowest BCUT2D eigenvalue weighted by Crippen LogP contribution is -2.26. The van der Waals surface area contributed by atoms with Gasteiger partial charge < -0.3 is 11.1 Å². The van der Waals surface area contributed by atoms with Crippen LogP contribution in [0.25, 0.3) is 0 Å². The summed E-state index contributed by atoms with van der Waals surface area (Å²) in [5.74, 6) is -0.113. The predicted molar refractivity (Wildman–Crippen MR) is 83.1 cm³/mol. The van der Waals surface area contributed by atoms with Gasteiger partial charge in [0.25, 0.3) is 5.91 Å². The van der Waals surface area contributed by atoms with Crippen LogP contribution in [0.2, 0.25) is 0 Å². The molecule has 2 aromatic rings. The van der Waals surface area contributed by atoms with Crippen molar-refractivity contribution >= 4 is 22.9 Å². The third kappa shape index (κ3) is 3.17. The fraction of sp³-hybridized carbons (Fsp3) is 0.333. The molecule has 1 heterocycles. The molecule has 5 heteroatoms. The lowest BCUT2D eigenvalue weighted by atomic mass is 10.1. The van der Waals surface area contributed by atoms with Gasteiger partial charge in [0.1, 0.15) is 0 Å². The Balaban J connectivity index is 2.17. The quantitative estimate of drug-likeness (QED) is 0.853. The first-order valence-electron chi connectivity index (χ1n) is 6.49.